The van der Waals surface area contributed by atoms with E-state index in [1.54, 1.807) is 0 Å². The van der Waals surface area contributed by atoms with Crippen LogP contribution in [0, 0.1) is 11.8 Å². The molecule has 1 unspecified atom stereocenters. The van der Waals surface area contributed by atoms with Gasteiger partial charge in [-0.3, -0.25) is 5.84 Å². The molecule has 2 N–H and O–H groups in total. The summed E-state index contributed by atoms with van der Waals surface area (Å²) in [6.45, 7) is 14.7. The monoisotopic (exact) mass is 188 g/mol. The minimum absolute atomic E-state index is 0.804. The summed E-state index contributed by atoms with van der Waals surface area (Å²) in [6, 6.07) is 0. The van der Waals surface area contributed by atoms with Crippen molar-refractivity contribution in [3.63, 3.8) is 0 Å². The molecule has 1 fully saturated rings. The Morgan fingerprint density at radius 2 is 1.62 bits per heavy atom. The maximum atomic E-state index is 5.60. The minimum atomic E-state index is 0.804. The summed E-state index contributed by atoms with van der Waals surface area (Å²) in [5, 5.41) is 1.92. The molecule has 2 heteroatoms. The maximum absolute atomic E-state index is 5.60. The molecule has 1 saturated heterocycles. The third kappa shape index (κ3) is 7.03. The van der Waals surface area contributed by atoms with E-state index in [0.717, 1.165) is 24.9 Å². The number of rotatable bonds is 1. The average molecular weight is 188 g/mol. The summed E-state index contributed by atoms with van der Waals surface area (Å²) in [5.74, 6) is 7.24. The van der Waals surface area contributed by atoms with Gasteiger partial charge >= 0.3 is 0 Å². The molecule has 0 amide bonds. The zero-order valence-electron chi connectivity index (χ0n) is 10.3. The van der Waals surface area contributed by atoms with Crippen LogP contribution < -0.4 is 5.84 Å². The lowest BCUT2D eigenvalue weighted by molar-refractivity contribution is 0.313. The Bertz CT molecular complexity index is 92.1. The van der Waals surface area contributed by atoms with Crippen LogP contribution in [0.4, 0.5) is 0 Å². The number of hydrazine groups is 1. The highest BCUT2D eigenvalue weighted by atomic mass is 15.4. The van der Waals surface area contributed by atoms with Gasteiger partial charge in [0.05, 0.1) is 0 Å². The molecule has 0 aliphatic carbocycles. The second-order valence-corrected chi connectivity index (χ2v) is 3.29. The van der Waals surface area contributed by atoms with Crippen molar-refractivity contribution in [2.45, 2.75) is 48.0 Å². The van der Waals surface area contributed by atoms with Gasteiger partial charge in [-0.15, -0.1) is 0 Å². The molecule has 1 aliphatic rings. The van der Waals surface area contributed by atoms with E-state index >= 15 is 0 Å². The molecule has 1 atom stereocenters. The molecule has 13 heavy (non-hydrogen) atoms. The molecule has 0 spiro atoms. The Labute approximate surface area is 84.5 Å². The number of hydrogen-bond donors (Lipinski definition) is 1. The van der Waals surface area contributed by atoms with Crippen molar-refractivity contribution in [1.82, 2.24) is 5.01 Å². The van der Waals surface area contributed by atoms with Gasteiger partial charge < -0.3 is 0 Å². The average Bonchev–Trinajstić information content (AvgIpc) is 2.59. The fourth-order valence-electron chi connectivity index (χ4n) is 1.36. The first kappa shape index (κ1) is 15.4. The summed E-state index contributed by atoms with van der Waals surface area (Å²) >= 11 is 0. The molecular formula is C11H28N2. The van der Waals surface area contributed by atoms with Crippen molar-refractivity contribution >= 4 is 0 Å². The van der Waals surface area contributed by atoms with Gasteiger partial charge in [0.15, 0.2) is 0 Å². The van der Waals surface area contributed by atoms with Gasteiger partial charge in [-0.2, -0.15) is 0 Å². The van der Waals surface area contributed by atoms with Crippen LogP contribution in [0.2, 0.25) is 0 Å². The highest BCUT2D eigenvalue weighted by molar-refractivity contribution is 4.73. The number of hydrogen-bond acceptors (Lipinski definition) is 2. The Morgan fingerprint density at radius 3 is 1.77 bits per heavy atom. The van der Waals surface area contributed by atoms with E-state index in [1.807, 2.05) is 32.7 Å². The summed E-state index contributed by atoms with van der Waals surface area (Å²) in [7, 11) is 0. The fourth-order valence-corrected chi connectivity index (χ4v) is 1.36. The normalized spacial score (nSPS) is 21.7. The van der Waals surface area contributed by atoms with Crippen LogP contribution in [-0.4, -0.2) is 18.1 Å². The van der Waals surface area contributed by atoms with Crippen LogP contribution >= 0.6 is 0 Å². The van der Waals surface area contributed by atoms with Crippen molar-refractivity contribution in [3.8, 4) is 0 Å². The van der Waals surface area contributed by atoms with Crippen molar-refractivity contribution in [2.24, 2.45) is 17.7 Å². The van der Waals surface area contributed by atoms with Gasteiger partial charge in [0.25, 0.3) is 0 Å². The van der Waals surface area contributed by atoms with E-state index in [1.165, 1.54) is 6.42 Å². The van der Waals surface area contributed by atoms with E-state index in [-0.39, 0.29) is 0 Å². The smallest absolute Gasteiger partial charge is 0.0159 e. The first-order valence-corrected chi connectivity index (χ1v) is 5.70. The molecular weight excluding hydrogens is 160 g/mol. The molecule has 1 rings (SSSR count). The summed E-state index contributed by atoms with van der Waals surface area (Å²) < 4.78 is 0. The van der Waals surface area contributed by atoms with Crippen LogP contribution in [0.5, 0.6) is 0 Å². The van der Waals surface area contributed by atoms with Crippen LogP contribution in [0.25, 0.3) is 0 Å². The van der Waals surface area contributed by atoms with Crippen molar-refractivity contribution in [1.29, 1.82) is 0 Å². The van der Waals surface area contributed by atoms with E-state index < -0.39 is 0 Å². The van der Waals surface area contributed by atoms with Gasteiger partial charge in [0.1, 0.15) is 0 Å². The van der Waals surface area contributed by atoms with Crippen molar-refractivity contribution < 1.29 is 0 Å². The predicted octanol–water partition coefficient (Wildman–Crippen LogP) is 2.89. The van der Waals surface area contributed by atoms with Crippen LogP contribution in [-0.2, 0) is 0 Å². The van der Waals surface area contributed by atoms with Gasteiger partial charge in [-0.25, -0.2) is 5.01 Å². The van der Waals surface area contributed by atoms with Crippen LogP contribution in [0.15, 0.2) is 0 Å². The molecule has 0 saturated carbocycles. The molecule has 1 heterocycles. The SMILES string of the molecule is CC.CC.CC(C)C1CCN(N)C1. The first-order valence-electron chi connectivity index (χ1n) is 5.70. The van der Waals surface area contributed by atoms with Crippen molar-refractivity contribution in [3.05, 3.63) is 0 Å². The molecule has 82 valence electrons. The highest BCUT2D eigenvalue weighted by Gasteiger charge is 2.21. The molecule has 0 radical (unpaired) electrons. The maximum Gasteiger partial charge on any atom is 0.0159 e. The third-order valence-corrected chi connectivity index (χ3v) is 2.20. The second kappa shape index (κ2) is 10.0. The van der Waals surface area contributed by atoms with E-state index in [9.17, 15) is 0 Å². The molecule has 0 aromatic heterocycles. The standard InChI is InChI=1S/C7H16N2.2C2H6/c1-6(2)7-3-4-9(8)5-7;2*1-2/h6-7H,3-5,8H2,1-2H3;2*1-2H3. The Morgan fingerprint density at radius 1 is 1.15 bits per heavy atom. The quantitative estimate of drug-likeness (QED) is 0.641. The van der Waals surface area contributed by atoms with Crippen LogP contribution in [0.3, 0.4) is 0 Å². The van der Waals surface area contributed by atoms with Gasteiger partial charge in [-0.05, 0) is 18.3 Å². The number of nitrogens with zero attached hydrogens (tertiary/aromatic N) is 1. The van der Waals surface area contributed by atoms with Crippen LogP contribution in [0.1, 0.15) is 48.0 Å². The zero-order valence-corrected chi connectivity index (χ0v) is 10.3. The Balaban J connectivity index is 0. The van der Waals surface area contributed by atoms with E-state index in [0.29, 0.717) is 0 Å². The molecule has 2 nitrogen and oxygen atoms in total. The minimum Gasteiger partial charge on any atom is -0.269 e. The Kier molecular flexibility index (Phi) is 11.8. The molecule has 0 aromatic rings. The second-order valence-electron chi connectivity index (χ2n) is 3.29. The van der Waals surface area contributed by atoms with Crippen molar-refractivity contribution in [2.75, 3.05) is 13.1 Å². The third-order valence-electron chi connectivity index (χ3n) is 2.20. The zero-order chi connectivity index (χ0) is 10.9. The summed E-state index contributed by atoms with van der Waals surface area (Å²) in [5.41, 5.74) is 0. The lowest BCUT2D eigenvalue weighted by atomic mass is 9.96. The van der Waals surface area contributed by atoms with Gasteiger partial charge in [0, 0.05) is 13.1 Å². The van der Waals surface area contributed by atoms with E-state index in [2.05, 4.69) is 13.8 Å². The molecule has 0 aromatic carbocycles. The molecule has 0 bridgehead atoms. The summed E-state index contributed by atoms with van der Waals surface area (Å²) in [4.78, 5) is 0. The van der Waals surface area contributed by atoms with Gasteiger partial charge in [-0.1, -0.05) is 41.5 Å². The lowest BCUT2D eigenvalue weighted by Gasteiger charge is -2.12. The van der Waals surface area contributed by atoms with Gasteiger partial charge in [0.2, 0.25) is 0 Å². The largest absolute Gasteiger partial charge is 0.269 e. The van der Waals surface area contributed by atoms with E-state index in [4.69, 9.17) is 5.84 Å². The Hall–Kier alpha value is -0.0800. The lowest BCUT2D eigenvalue weighted by Crippen LogP contribution is -2.28. The number of nitrogens with two attached hydrogens (primary N) is 1. The predicted molar refractivity (Wildman–Crippen MR) is 61.4 cm³/mol. The first-order chi connectivity index (χ1) is 6.20. The topological polar surface area (TPSA) is 29.3 Å². The highest BCUT2D eigenvalue weighted by Crippen LogP contribution is 2.20. The fraction of sp³-hybridized carbons (Fsp3) is 1.00. The summed E-state index contributed by atoms with van der Waals surface area (Å²) in [6.07, 6.45) is 1.29. The molecule has 1 aliphatic heterocycles.